The van der Waals surface area contributed by atoms with Gasteiger partial charge in [0.25, 0.3) is 0 Å². The fourth-order valence-electron chi connectivity index (χ4n) is 7.25. The molecule has 4 heteroatoms. The van der Waals surface area contributed by atoms with E-state index in [-0.39, 0.29) is 28.3 Å². The van der Waals surface area contributed by atoms with E-state index in [9.17, 15) is 9.59 Å². The predicted octanol–water partition coefficient (Wildman–Crippen LogP) is 7.94. The molecule has 0 saturated heterocycles. The molecule has 2 heterocycles. The second kappa shape index (κ2) is 9.36. The van der Waals surface area contributed by atoms with Crippen LogP contribution >= 0.6 is 0 Å². The Morgan fingerprint density at radius 3 is 1.92 bits per heavy atom. The molecule has 0 fully saturated rings. The van der Waals surface area contributed by atoms with Gasteiger partial charge >= 0.3 is 0 Å². The van der Waals surface area contributed by atoms with Gasteiger partial charge in [-0.25, -0.2) is 0 Å². The fraction of sp³-hybridized carbons (Fsp3) is 0.429. The summed E-state index contributed by atoms with van der Waals surface area (Å²) in [6.07, 6.45) is 5.94. The van der Waals surface area contributed by atoms with Crippen LogP contribution in [0.4, 0.5) is 0 Å². The van der Waals surface area contributed by atoms with E-state index in [0.717, 1.165) is 59.3 Å². The molecule has 3 aliphatic rings. The first-order chi connectivity index (χ1) is 18.6. The molecule has 1 aromatic heterocycles. The molecular weight excluding hydrogens is 480 g/mol. The standard InChI is InChI=1S/C35H40N2O2/c1-6-16-36-22-25(24-14-10-11-15-26(24)36)31-32-27(17-34(2,3)19-29(32)38)37(21-23-12-8-7-9-13-23)28-18-35(4,5)20-30(39)33(28)31/h7-15,22,31H,6,16-21H2,1-5H3. The van der Waals surface area contributed by atoms with Crippen molar-refractivity contribution in [2.75, 3.05) is 0 Å². The average Bonchev–Trinajstić information content (AvgIpc) is 3.22. The van der Waals surface area contributed by atoms with Crippen LogP contribution < -0.4 is 0 Å². The van der Waals surface area contributed by atoms with Crippen molar-refractivity contribution in [3.63, 3.8) is 0 Å². The Balaban J connectivity index is 1.64. The van der Waals surface area contributed by atoms with Crippen LogP contribution in [0.3, 0.4) is 0 Å². The third-order valence-electron chi connectivity index (χ3n) is 8.80. The van der Waals surface area contributed by atoms with Crippen molar-refractivity contribution in [3.8, 4) is 0 Å². The summed E-state index contributed by atoms with van der Waals surface area (Å²) >= 11 is 0. The number of hydrogen-bond donors (Lipinski definition) is 0. The number of carbonyl (C=O) groups is 2. The number of fused-ring (bicyclic) bond motifs is 1. The molecule has 0 saturated carbocycles. The summed E-state index contributed by atoms with van der Waals surface area (Å²) in [5.41, 5.74) is 7.20. The number of aryl methyl sites for hydroxylation is 1. The Kier molecular flexibility index (Phi) is 6.21. The van der Waals surface area contributed by atoms with Crippen LogP contribution in [0.2, 0.25) is 0 Å². The van der Waals surface area contributed by atoms with Gasteiger partial charge in [0, 0.05) is 71.5 Å². The van der Waals surface area contributed by atoms with Crippen molar-refractivity contribution < 1.29 is 9.59 Å². The molecule has 0 spiro atoms. The lowest BCUT2D eigenvalue weighted by Gasteiger charge is -2.49. The van der Waals surface area contributed by atoms with Crippen molar-refractivity contribution in [2.45, 2.75) is 85.7 Å². The number of aromatic nitrogens is 1. The van der Waals surface area contributed by atoms with Gasteiger partial charge in [-0.1, -0.05) is 83.1 Å². The van der Waals surface area contributed by atoms with Crippen LogP contribution in [0.5, 0.6) is 0 Å². The Morgan fingerprint density at radius 2 is 1.33 bits per heavy atom. The molecule has 1 aliphatic heterocycles. The quantitative estimate of drug-likeness (QED) is 0.343. The summed E-state index contributed by atoms with van der Waals surface area (Å²) < 4.78 is 2.32. The zero-order chi connectivity index (χ0) is 27.5. The van der Waals surface area contributed by atoms with Gasteiger partial charge in [-0.3, -0.25) is 9.59 Å². The zero-order valence-electron chi connectivity index (χ0n) is 24.0. The second-order valence-electron chi connectivity index (χ2n) is 13.4. The van der Waals surface area contributed by atoms with E-state index in [4.69, 9.17) is 0 Å². The topological polar surface area (TPSA) is 42.3 Å². The third kappa shape index (κ3) is 4.48. The first kappa shape index (κ1) is 25.9. The fourth-order valence-corrected chi connectivity index (χ4v) is 7.25. The lowest BCUT2D eigenvalue weighted by Crippen LogP contribution is -2.44. The van der Waals surface area contributed by atoms with Gasteiger partial charge in [-0.2, -0.15) is 0 Å². The monoisotopic (exact) mass is 520 g/mol. The summed E-state index contributed by atoms with van der Waals surface area (Å²) in [4.78, 5) is 30.7. The Bertz CT molecular complexity index is 1480. The number of para-hydroxylation sites is 1. The highest BCUT2D eigenvalue weighted by Gasteiger charge is 2.49. The van der Waals surface area contributed by atoms with E-state index in [2.05, 4.69) is 98.8 Å². The number of carbonyl (C=O) groups excluding carboxylic acids is 2. The first-order valence-corrected chi connectivity index (χ1v) is 14.5. The van der Waals surface area contributed by atoms with Crippen LogP contribution in [0.15, 0.2) is 83.3 Å². The van der Waals surface area contributed by atoms with Gasteiger partial charge in [0.2, 0.25) is 0 Å². The SMILES string of the molecule is CCCn1cc(C2C3=C(CC(C)(C)CC3=O)N(Cc3ccccc3)C3=C2C(=O)CC(C)(C)C3)c2ccccc21. The number of ketones is 2. The molecule has 202 valence electrons. The number of Topliss-reactive ketones (excluding diaryl/α,β-unsaturated/α-hetero) is 2. The highest BCUT2D eigenvalue weighted by molar-refractivity contribution is 6.08. The van der Waals surface area contributed by atoms with Crippen LogP contribution in [0.25, 0.3) is 10.9 Å². The van der Waals surface area contributed by atoms with E-state index in [1.807, 2.05) is 6.07 Å². The van der Waals surface area contributed by atoms with Crippen LogP contribution in [-0.4, -0.2) is 21.0 Å². The van der Waals surface area contributed by atoms with Crippen molar-refractivity contribution in [2.24, 2.45) is 10.8 Å². The van der Waals surface area contributed by atoms with Gasteiger partial charge in [0.1, 0.15) is 0 Å². The summed E-state index contributed by atoms with van der Waals surface area (Å²) in [7, 11) is 0. The largest absolute Gasteiger partial charge is 0.347 e. The zero-order valence-corrected chi connectivity index (χ0v) is 24.0. The maximum absolute atomic E-state index is 14.2. The third-order valence-corrected chi connectivity index (χ3v) is 8.80. The molecular formula is C35H40N2O2. The van der Waals surface area contributed by atoms with E-state index in [0.29, 0.717) is 19.4 Å². The van der Waals surface area contributed by atoms with Crippen molar-refractivity contribution in [1.29, 1.82) is 0 Å². The van der Waals surface area contributed by atoms with Crippen molar-refractivity contribution >= 4 is 22.5 Å². The number of benzene rings is 2. The summed E-state index contributed by atoms with van der Waals surface area (Å²) in [6.45, 7) is 12.6. The molecule has 0 radical (unpaired) electrons. The van der Waals surface area contributed by atoms with Crippen molar-refractivity contribution in [1.82, 2.24) is 9.47 Å². The Morgan fingerprint density at radius 1 is 0.769 bits per heavy atom. The predicted molar refractivity (Wildman–Crippen MR) is 157 cm³/mol. The van der Waals surface area contributed by atoms with Crippen LogP contribution in [0.1, 0.15) is 83.8 Å². The summed E-state index contributed by atoms with van der Waals surface area (Å²) in [6, 6.07) is 19.0. The minimum Gasteiger partial charge on any atom is -0.347 e. The molecule has 0 amide bonds. The maximum atomic E-state index is 14.2. The second-order valence-corrected chi connectivity index (χ2v) is 13.4. The van der Waals surface area contributed by atoms with Crippen LogP contribution in [0, 0.1) is 10.8 Å². The Labute approximate surface area is 232 Å². The van der Waals surface area contributed by atoms with Gasteiger partial charge < -0.3 is 9.47 Å². The molecule has 2 aliphatic carbocycles. The minimum absolute atomic E-state index is 0.127. The molecule has 3 aromatic rings. The van der Waals surface area contributed by atoms with E-state index >= 15 is 0 Å². The molecule has 0 bridgehead atoms. The van der Waals surface area contributed by atoms with Gasteiger partial charge in [-0.15, -0.1) is 0 Å². The molecule has 4 nitrogen and oxygen atoms in total. The lowest BCUT2D eigenvalue weighted by atomic mass is 9.63. The molecule has 0 unspecified atom stereocenters. The smallest absolute Gasteiger partial charge is 0.162 e. The maximum Gasteiger partial charge on any atom is 0.162 e. The van der Waals surface area contributed by atoms with Gasteiger partial charge in [0.05, 0.1) is 0 Å². The molecule has 2 aromatic carbocycles. The Hall–Kier alpha value is -3.40. The highest BCUT2D eigenvalue weighted by Crippen LogP contribution is 2.55. The van der Waals surface area contributed by atoms with Crippen LogP contribution in [-0.2, 0) is 22.7 Å². The summed E-state index contributed by atoms with van der Waals surface area (Å²) in [5.74, 6) is 0.0823. The number of nitrogens with zero attached hydrogens (tertiary/aromatic N) is 2. The lowest BCUT2D eigenvalue weighted by molar-refractivity contribution is -0.119. The molecule has 39 heavy (non-hydrogen) atoms. The first-order valence-electron chi connectivity index (χ1n) is 14.5. The summed E-state index contributed by atoms with van der Waals surface area (Å²) in [5, 5.41) is 1.15. The van der Waals surface area contributed by atoms with E-state index in [1.165, 1.54) is 11.1 Å². The molecule has 6 rings (SSSR count). The van der Waals surface area contributed by atoms with E-state index in [1.54, 1.807) is 0 Å². The average molecular weight is 521 g/mol. The highest BCUT2D eigenvalue weighted by atomic mass is 16.1. The number of allylic oxidation sites excluding steroid dienone is 4. The normalized spacial score (nSPS) is 21.0. The molecule has 0 N–H and O–H groups in total. The van der Waals surface area contributed by atoms with Crippen molar-refractivity contribution in [3.05, 3.63) is 94.5 Å². The minimum atomic E-state index is -0.308. The van der Waals surface area contributed by atoms with Gasteiger partial charge in [0.15, 0.2) is 11.6 Å². The van der Waals surface area contributed by atoms with E-state index < -0.39 is 0 Å². The number of hydrogen-bond acceptors (Lipinski definition) is 3. The number of rotatable bonds is 5. The molecule has 0 atom stereocenters. The van der Waals surface area contributed by atoms with Gasteiger partial charge in [-0.05, 0) is 47.3 Å².